The number of aromatic nitrogens is 2. The summed E-state index contributed by atoms with van der Waals surface area (Å²) in [6.45, 7) is 4.79. The Morgan fingerprint density at radius 2 is 2.31 bits per heavy atom. The minimum Gasteiger partial charge on any atom is -0.388 e. The van der Waals surface area contributed by atoms with Crippen molar-refractivity contribution in [3.8, 4) is 0 Å². The minimum absolute atomic E-state index is 0.453. The standard InChI is InChI=1S/C10H19N3O2S/c1-4-8-12-9(16-13-8)11-7-10(2,14)5-6-15-3/h14H,4-7H2,1-3H3,(H,11,12,13). The van der Waals surface area contributed by atoms with Gasteiger partial charge in [-0.05, 0) is 6.92 Å². The van der Waals surface area contributed by atoms with Gasteiger partial charge < -0.3 is 15.2 Å². The van der Waals surface area contributed by atoms with Crippen molar-refractivity contribution >= 4 is 16.7 Å². The summed E-state index contributed by atoms with van der Waals surface area (Å²) < 4.78 is 9.10. The van der Waals surface area contributed by atoms with Gasteiger partial charge in [0.2, 0.25) is 5.13 Å². The van der Waals surface area contributed by atoms with Gasteiger partial charge in [-0.3, -0.25) is 0 Å². The minimum atomic E-state index is -0.784. The van der Waals surface area contributed by atoms with Gasteiger partial charge in [0.05, 0.1) is 5.60 Å². The molecule has 6 heteroatoms. The molecule has 1 atom stereocenters. The maximum atomic E-state index is 9.98. The number of methoxy groups -OCH3 is 1. The van der Waals surface area contributed by atoms with Crippen molar-refractivity contribution in [1.82, 2.24) is 9.36 Å². The number of ether oxygens (including phenoxy) is 1. The molecular weight excluding hydrogens is 226 g/mol. The number of hydrogen-bond donors (Lipinski definition) is 2. The van der Waals surface area contributed by atoms with Crippen LogP contribution in [0.3, 0.4) is 0 Å². The number of nitrogens with zero attached hydrogens (tertiary/aromatic N) is 2. The van der Waals surface area contributed by atoms with E-state index < -0.39 is 5.60 Å². The van der Waals surface area contributed by atoms with E-state index in [4.69, 9.17) is 4.74 Å². The van der Waals surface area contributed by atoms with Crippen molar-refractivity contribution in [3.05, 3.63) is 5.82 Å². The summed E-state index contributed by atoms with van der Waals surface area (Å²) in [5.74, 6) is 0.837. The van der Waals surface area contributed by atoms with Gasteiger partial charge in [0.15, 0.2) is 0 Å². The van der Waals surface area contributed by atoms with Gasteiger partial charge >= 0.3 is 0 Å². The second kappa shape index (κ2) is 6.12. The molecule has 1 unspecified atom stereocenters. The van der Waals surface area contributed by atoms with Crippen molar-refractivity contribution in [2.24, 2.45) is 0 Å². The van der Waals surface area contributed by atoms with Crippen LogP contribution in [0.25, 0.3) is 0 Å². The van der Waals surface area contributed by atoms with E-state index >= 15 is 0 Å². The zero-order valence-corrected chi connectivity index (χ0v) is 10.8. The monoisotopic (exact) mass is 245 g/mol. The molecule has 0 aromatic carbocycles. The van der Waals surface area contributed by atoms with Crippen molar-refractivity contribution in [3.63, 3.8) is 0 Å². The van der Waals surface area contributed by atoms with Gasteiger partial charge in [-0.25, -0.2) is 4.98 Å². The summed E-state index contributed by atoms with van der Waals surface area (Å²) in [5.41, 5.74) is -0.784. The van der Waals surface area contributed by atoms with Crippen LogP contribution >= 0.6 is 11.5 Å². The van der Waals surface area contributed by atoms with Crippen LogP contribution in [-0.4, -0.2) is 40.3 Å². The summed E-state index contributed by atoms with van der Waals surface area (Å²) in [5, 5.41) is 13.8. The molecule has 1 heterocycles. The van der Waals surface area contributed by atoms with Gasteiger partial charge in [-0.15, -0.1) is 0 Å². The number of anilines is 1. The van der Waals surface area contributed by atoms with Gasteiger partial charge in [-0.2, -0.15) is 4.37 Å². The lowest BCUT2D eigenvalue weighted by Crippen LogP contribution is -2.34. The molecule has 0 saturated heterocycles. The average Bonchev–Trinajstić information content (AvgIpc) is 2.72. The third kappa shape index (κ3) is 4.42. The Labute approximate surface area is 100 Å². The highest BCUT2D eigenvalue weighted by atomic mass is 32.1. The van der Waals surface area contributed by atoms with E-state index in [1.165, 1.54) is 11.5 Å². The van der Waals surface area contributed by atoms with Crippen LogP contribution in [0.1, 0.15) is 26.1 Å². The van der Waals surface area contributed by atoms with Gasteiger partial charge in [0.25, 0.3) is 0 Å². The third-order valence-corrected chi connectivity index (χ3v) is 2.96. The zero-order valence-electron chi connectivity index (χ0n) is 9.99. The van der Waals surface area contributed by atoms with E-state index in [1.807, 2.05) is 6.92 Å². The van der Waals surface area contributed by atoms with Crippen molar-refractivity contribution in [2.45, 2.75) is 32.3 Å². The lowest BCUT2D eigenvalue weighted by atomic mass is 10.0. The summed E-state index contributed by atoms with van der Waals surface area (Å²) in [4.78, 5) is 4.27. The molecule has 2 N–H and O–H groups in total. The quantitative estimate of drug-likeness (QED) is 0.758. The predicted molar refractivity (Wildman–Crippen MR) is 64.9 cm³/mol. The number of aliphatic hydroxyl groups is 1. The highest BCUT2D eigenvalue weighted by Gasteiger charge is 2.20. The Hall–Kier alpha value is -0.720. The van der Waals surface area contributed by atoms with E-state index in [0.29, 0.717) is 19.6 Å². The van der Waals surface area contributed by atoms with Crippen LogP contribution < -0.4 is 5.32 Å². The smallest absolute Gasteiger partial charge is 0.202 e. The fourth-order valence-electron chi connectivity index (χ4n) is 1.15. The Morgan fingerprint density at radius 3 is 2.88 bits per heavy atom. The highest BCUT2D eigenvalue weighted by molar-refractivity contribution is 7.09. The Kier molecular flexibility index (Phi) is 5.11. The predicted octanol–water partition coefficient (Wildman–Crippen LogP) is 1.30. The van der Waals surface area contributed by atoms with Gasteiger partial charge in [-0.1, -0.05) is 6.92 Å². The van der Waals surface area contributed by atoms with Crippen LogP contribution in [0.2, 0.25) is 0 Å². The van der Waals surface area contributed by atoms with Crippen molar-refractivity contribution in [2.75, 3.05) is 25.6 Å². The van der Waals surface area contributed by atoms with E-state index in [0.717, 1.165) is 17.4 Å². The third-order valence-electron chi connectivity index (χ3n) is 2.25. The number of hydrogen-bond acceptors (Lipinski definition) is 6. The first-order valence-electron chi connectivity index (χ1n) is 5.35. The molecule has 0 aliphatic rings. The molecule has 1 rings (SSSR count). The normalized spacial score (nSPS) is 14.8. The molecule has 16 heavy (non-hydrogen) atoms. The van der Waals surface area contributed by atoms with Crippen LogP contribution in [0, 0.1) is 0 Å². The van der Waals surface area contributed by atoms with E-state index in [9.17, 15) is 5.11 Å². The summed E-state index contributed by atoms with van der Waals surface area (Å²) >= 11 is 1.32. The molecule has 0 saturated carbocycles. The zero-order chi connectivity index (χ0) is 12.0. The van der Waals surface area contributed by atoms with E-state index in [-0.39, 0.29) is 0 Å². The first-order chi connectivity index (χ1) is 7.57. The second-order valence-corrected chi connectivity index (χ2v) is 4.71. The Morgan fingerprint density at radius 1 is 1.56 bits per heavy atom. The first-order valence-corrected chi connectivity index (χ1v) is 6.12. The molecule has 1 aromatic heterocycles. The second-order valence-electron chi connectivity index (χ2n) is 3.96. The van der Waals surface area contributed by atoms with Crippen LogP contribution in [0.15, 0.2) is 0 Å². The summed E-state index contributed by atoms with van der Waals surface area (Å²) in [6.07, 6.45) is 1.42. The number of aryl methyl sites for hydroxylation is 1. The first kappa shape index (κ1) is 13.3. The highest BCUT2D eigenvalue weighted by Crippen LogP contribution is 2.15. The maximum Gasteiger partial charge on any atom is 0.202 e. The summed E-state index contributed by atoms with van der Waals surface area (Å²) in [7, 11) is 1.63. The Balaban J connectivity index is 2.37. The molecule has 0 fully saturated rings. The molecule has 0 spiro atoms. The Bertz CT molecular complexity index is 315. The molecule has 0 bridgehead atoms. The van der Waals surface area contributed by atoms with Crippen molar-refractivity contribution in [1.29, 1.82) is 0 Å². The fraction of sp³-hybridized carbons (Fsp3) is 0.800. The molecule has 1 aromatic rings. The van der Waals surface area contributed by atoms with Gasteiger partial charge in [0.1, 0.15) is 5.82 Å². The van der Waals surface area contributed by atoms with Crippen LogP contribution in [-0.2, 0) is 11.2 Å². The molecule has 92 valence electrons. The summed E-state index contributed by atoms with van der Waals surface area (Å²) in [6, 6.07) is 0. The van der Waals surface area contributed by atoms with Gasteiger partial charge in [0, 0.05) is 44.6 Å². The average molecular weight is 245 g/mol. The lowest BCUT2D eigenvalue weighted by Gasteiger charge is -2.22. The maximum absolute atomic E-state index is 9.98. The largest absolute Gasteiger partial charge is 0.388 e. The SMILES string of the molecule is CCc1nsc(NCC(C)(O)CCOC)n1. The van der Waals surface area contributed by atoms with E-state index in [1.54, 1.807) is 14.0 Å². The molecule has 0 amide bonds. The van der Waals surface area contributed by atoms with E-state index in [2.05, 4.69) is 14.7 Å². The fourth-order valence-corrected chi connectivity index (χ4v) is 1.79. The molecular formula is C10H19N3O2S. The molecule has 0 aliphatic carbocycles. The van der Waals surface area contributed by atoms with Crippen LogP contribution in [0.4, 0.5) is 5.13 Å². The molecule has 0 radical (unpaired) electrons. The van der Waals surface area contributed by atoms with Crippen LogP contribution in [0.5, 0.6) is 0 Å². The topological polar surface area (TPSA) is 67.3 Å². The number of nitrogens with one attached hydrogen (secondary N) is 1. The molecule has 5 nitrogen and oxygen atoms in total. The number of rotatable bonds is 7. The lowest BCUT2D eigenvalue weighted by molar-refractivity contribution is 0.0357. The van der Waals surface area contributed by atoms with Crippen molar-refractivity contribution < 1.29 is 9.84 Å². The molecule has 0 aliphatic heterocycles.